The van der Waals surface area contributed by atoms with Crippen molar-refractivity contribution in [2.45, 2.75) is 121 Å². The van der Waals surface area contributed by atoms with E-state index in [4.69, 9.17) is 24.1 Å². The summed E-state index contributed by atoms with van der Waals surface area (Å²) in [6.07, 6.45) is -2.75. The molecule has 43 heteroatoms. The Bertz CT molecular complexity index is 4610. The van der Waals surface area contributed by atoms with E-state index in [2.05, 4.69) is 16.0 Å². The van der Waals surface area contributed by atoms with Crippen LogP contribution >= 0.6 is 11.3 Å². The molecule has 123 heavy (non-hydrogen) atoms. The van der Waals surface area contributed by atoms with E-state index in [9.17, 15) is 91.4 Å². The maximum Gasteiger partial charge on any atom is 0.323 e. The number of nitrogens with one attached hydrogen (secondary N) is 3. The summed E-state index contributed by atoms with van der Waals surface area (Å²) in [5.41, 5.74) is -8.30. The van der Waals surface area contributed by atoms with Crippen molar-refractivity contribution >= 4 is 123 Å². The van der Waals surface area contributed by atoms with Crippen LogP contribution in [0.1, 0.15) is 83.0 Å². The number of Topliss-reactive ketones (excluding diaryl/α,β-unsaturated/α-hetero) is 1. The summed E-state index contributed by atoms with van der Waals surface area (Å²) < 4.78 is 89.8. The molecule has 0 spiro atoms. The quantitative estimate of drug-likeness (QED) is 0.0224. The van der Waals surface area contributed by atoms with Crippen LogP contribution in [-0.2, 0) is 107 Å². The summed E-state index contributed by atoms with van der Waals surface area (Å²) in [7, 11) is 12.8. The van der Waals surface area contributed by atoms with Crippen molar-refractivity contribution in [1.82, 2.24) is 64.9 Å². The van der Waals surface area contributed by atoms with E-state index in [1.807, 2.05) is 0 Å². The van der Waals surface area contributed by atoms with Crippen LogP contribution in [0.4, 0.5) is 23.2 Å². The number of rotatable bonds is 39. The van der Waals surface area contributed by atoms with Gasteiger partial charge < -0.3 is 94.1 Å². The zero-order valence-corrected chi connectivity index (χ0v) is 71.5. The van der Waals surface area contributed by atoms with Crippen LogP contribution in [-0.4, -0.2) is 363 Å². The predicted octanol–water partition coefficient (Wildman–Crippen LogP) is -1.33. The minimum atomic E-state index is -2.51. The molecule has 6 aliphatic rings. The summed E-state index contributed by atoms with van der Waals surface area (Å²) in [6.45, 7) is -1.28. The summed E-state index contributed by atoms with van der Waals surface area (Å²) in [5.74, 6) is -17.4. The second-order valence-electron chi connectivity index (χ2n) is 32.1. The van der Waals surface area contributed by atoms with E-state index in [1.54, 1.807) is 6.92 Å². The number of benzene rings is 1. The van der Waals surface area contributed by atoms with Gasteiger partial charge in [-0.25, -0.2) is 22.5 Å². The predicted molar refractivity (Wildman–Crippen MR) is 424 cm³/mol. The summed E-state index contributed by atoms with van der Waals surface area (Å²) in [4.78, 5) is 244. The molecule has 3 heterocycles. The van der Waals surface area contributed by atoms with Crippen molar-refractivity contribution in [3.63, 3.8) is 0 Å². The van der Waals surface area contributed by atoms with Gasteiger partial charge >= 0.3 is 5.97 Å². The van der Waals surface area contributed by atoms with E-state index in [1.165, 1.54) is 109 Å². The number of aliphatic carboxylic acids is 1. The molecule has 3 saturated carbocycles. The number of carboxylic acids is 1. The Kier molecular flexibility index (Phi) is 31.8. The van der Waals surface area contributed by atoms with Gasteiger partial charge in [0.1, 0.15) is 55.5 Å². The summed E-state index contributed by atoms with van der Waals surface area (Å²) in [6, 6.07) is 0.601. The number of aliphatic hydroxyl groups excluding tert-OH is 1. The first-order valence-electron chi connectivity index (χ1n) is 39.2. The monoisotopic (exact) mass is 1750 g/mol. The number of hydrogen-bond acceptors (Lipinski definition) is 24. The van der Waals surface area contributed by atoms with Crippen LogP contribution in [0.3, 0.4) is 0 Å². The molecule has 38 nitrogen and oxygen atoms in total. The van der Waals surface area contributed by atoms with E-state index < -0.39 is 292 Å². The number of carboxylic acid groups (broad SMARTS) is 1. The molecule has 12 atom stereocenters. The number of ether oxygens (including phenoxy) is 4. The number of allylic oxidation sites excluding steroid dienone is 4. The number of imide groups is 1. The number of alkyl halides is 2. The standard InChI is InChI=1S/C80H104F4N14O24S/c1-44(74(117)85-43-119-42-57(101)80-58(121-76(122-80)73-51(81)22-25-123-73)29-48-49-28-52(82)50-27-47(99)21-23-77(50,3)79(49,84)56(100)31-78(48,80)4)87-75(118)45(2)86-59(102)18-17-46-26-53(83)54(98-61(104)19-20-62(98)105)30-55(46)120-24-15-16-60(103)88(5)32-63(106)89(6)33-64(107)90(7)34-65(108)91(8)35-66(109)92(9)36-67(110)93(10)37-68(111)94(11)38-69(112)95(12)39-70(113)96(13)40-71(114)97(14)41-72(115)116/h19-23,25-27,30,44-45,48-49,52,56,58,76,100H,15-18,24,28-29,31-43H2,1-14H3,(H,85,117)(H,86,102)(H,87,118)(H,115,116)/t44-,45-,48-,49-,52-,56-,58+,76+,77-,78-,79-,80+/m0/s1. The molecule has 0 bridgehead atoms. The second kappa shape index (κ2) is 40.3. The van der Waals surface area contributed by atoms with Crippen LogP contribution in [0.25, 0.3) is 0 Å². The van der Waals surface area contributed by atoms with Crippen LogP contribution in [0, 0.1) is 34.3 Å². The smallest absolute Gasteiger partial charge is 0.323 e. The fourth-order valence-electron chi connectivity index (χ4n) is 15.9. The third kappa shape index (κ3) is 21.8. The number of carbonyl (C=O) groups is 18. The minimum Gasteiger partial charge on any atom is -0.493 e. The van der Waals surface area contributed by atoms with Crippen LogP contribution < -0.4 is 25.6 Å². The van der Waals surface area contributed by atoms with Crippen molar-refractivity contribution in [2.75, 3.05) is 161 Å². The van der Waals surface area contributed by atoms with Crippen molar-refractivity contribution < 1.29 is 133 Å². The summed E-state index contributed by atoms with van der Waals surface area (Å²) in [5, 5.41) is 29.7. The van der Waals surface area contributed by atoms with Crippen molar-refractivity contribution in [2.24, 2.45) is 22.7 Å². The van der Waals surface area contributed by atoms with Crippen LogP contribution in [0.2, 0.25) is 0 Å². The number of halogens is 4. The number of amides is 15. The lowest BCUT2D eigenvalue weighted by Gasteiger charge is -2.63. The number of fused-ring (bicyclic) bond motifs is 7. The van der Waals surface area contributed by atoms with Crippen molar-refractivity contribution in [3.8, 4) is 5.75 Å². The fraction of sp³-hybridized carbons (Fsp3) is 0.575. The Hall–Kier alpha value is -11.4. The Balaban J connectivity index is 0.745. The molecule has 15 amide bonds. The highest BCUT2D eigenvalue weighted by Gasteiger charge is 2.80. The van der Waals surface area contributed by atoms with Crippen LogP contribution in [0.5, 0.6) is 5.75 Å². The van der Waals surface area contributed by atoms with E-state index in [0.717, 1.165) is 96.8 Å². The zero-order chi connectivity index (χ0) is 91.6. The largest absolute Gasteiger partial charge is 0.493 e. The lowest BCUT2D eigenvalue weighted by molar-refractivity contribution is -0.235. The zero-order valence-electron chi connectivity index (χ0n) is 70.7. The highest BCUT2D eigenvalue weighted by atomic mass is 32.1. The SMILES string of the molecule is C[C@H](NC(=O)CCc1cc(F)c(N2C(=O)C=CC2=O)cc1OCCCC(=O)N(C)CC(=O)N(C)CC(=O)N(C)CC(=O)N(C)CC(=O)N(C)CC(=O)N(C)CC(=O)N(C)CC(=O)N(C)CC(=O)N(C)CC(=O)N(C)CC(=O)O)C(=O)N[C@@H](C)C(=O)NCOCC(=O)[C@@]12O[C@H](c3sccc3F)O[C@@H]1C[C@H]1[C@@H]3C[C@H](F)C4=CC(=O)C=C[C@]4(C)[C@@]3(F)[C@@H](O)C[C@@]12C. The van der Waals surface area contributed by atoms with Gasteiger partial charge in [-0.1, -0.05) is 13.0 Å². The third-order valence-electron chi connectivity index (χ3n) is 23.3. The number of aliphatic hydroxyl groups is 1. The van der Waals surface area contributed by atoms with Gasteiger partial charge in [0, 0.05) is 118 Å². The van der Waals surface area contributed by atoms with Crippen LogP contribution in [0.15, 0.2) is 59.5 Å². The fourth-order valence-corrected chi connectivity index (χ4v) is 16.6. The number of carbonyl (C=O) groups excluding carboxylic acids is 17. The number of ketones is 2. The number of anilines is 1. The van der Waals surface area contributed by atoms with Gasteiger partial charge in [0.25, 0.3) is 11.8 Å². The minimum absolute atomic E-state index is 0.00764. The number of thiophene rings is 1. The molecule has 1 saturated heterocycles. The molecule has 4 aliphatic carbocycles. The second-order valence-corrected chi connectivity index (χ2v) is 33.1. The Morgan fingerprint density at radius 3 is 1.54 bits per heavy atom. The highest BCUT2D eigenvalue weighted by Crippen LogP contribution is 2.73. The first kappa shape index (κ1) is 97.0. The molecule has 2 aliphatic heterocycles. The molecule has 5 N–H and O–H groups in total. The van der Waals surface area contributed by atoms with Crippen molar-refractivity contribution in [1.29, 1.82) is 0 Å². The van der Waals surface area contributed by atoms with E-state index >= 15 is 17.6 Å². The maximum atomic E-state index is 18.1. The Morgan fingerprint density at radius 2 is 1.07 bits per heavy atom. The van der Waals surface area contributed by atoms with Gasteiger partial charge in [0.15, 0.2) is 29.1 Å². The van der Waals surface area contributed by atoms with Gasteiger partial charge in [-0.2, -0.15) is 0 Å². The lowest BCUT2D eigenvalue weighted by Crippen LogP contribution is -2.70. The van der Waals surface area contributed by atoms with Crippen molar-refractivity contribution in [3.05, 3.63) is 81.6 Å². The first-order valence-corrected chi connectivity index (χ1v) is 40.0. The molecule has 8 rings (SSSR count). The van der Waals surface area contributed by atoms with Gasteiger partial charge in [-0.05, 0) is 99.6 Å². The van der Waals surface area contributed by atoms with Gasteiger partial charge in [-0.3, -0.25) is 86.3 Å². The number of nitrogens with zero attached hydrogens (tertiary/aromatic N) is 11. The van der Waals surface area contributed by atoms with E-state index in [-0.39, 0.29) is 54.1 Å². The molecular formula is C80H104F4N14O24S. The lowest BCUT2D eigenvalue weighted by atomic mass is 9.44. The highest BCUT2D eigenvalue weighted by molar-refractivity contribution is 7.10. The molecule has 672 valence electrons. The Labute approximate surface area is 709 Å². The first-order chi connectivity index (χ1) is 57.5. The van der Waals surface area contributed by atoms with Gasteiger partial charge in [-0.15, -0.1) is 11.3 Å². The molecular weight excluding hydrogens is 1650 g/mol. The number of likely N-dealkylation sites (N-methyl/N-ethyl adjacent to an activating group) is 10. The van der Waals surface area contributed by atoms with E-state index in [0.29, 0.717) is 4.90 Å². The molecule has 1 aromatic carbocycles. The third-order valence-corrected chi connectivity index (χ3v) is 24.2. The number of aryl methyl sites for hydroxylation is 1. The molecule has 0 radical (unpaired) electrons. The maximum absolute atomic E-state index is 18.1. The molecule has 4 fully saturated rings. The number of hydrogen-bond donors (Lipinski definition) is 5. The molecule has 0 unspecified atom stereocenters. The topological polar surface area (TPSA) is 456 Å². The normalized spacial score (nSPS) is 23.1. The summed E-state index contributed by atoms with van der Waals surface area (Å²) >= 11 is 0.961. The average molecular weight is 1750 g/mol. The molecule has 2 aromatic rings. The Morgan fingerprint density at radius 1 is 0.610 bits per heavy atom. The molecule has 1 aromatic heterocycles. The average Bonchev–Trinajstić information content (AvgIpc) is 1.51. The van der Waals surface area contributed by atoms with Gasteiger partial charge in [0.05, 0.1) is 88.3 Å². The van der Waals surface area contributed by atoms with Gasteiger partial charge in [0.2, 0.25) is 76.8 Å².